The molecule has 7 nitrogen and oxygen atoms in total. The van der Waals surface area contributed by atoms with Gasteiger partial charge >= 0.3 is 0 Å². The van der Waals surface area contributed by atoms with E-state index in [9.17, 15) is 9.90 Å². The Kier molecular flexibility index (Phi) is 3.65. The number of hydrogen-bond donors (Lipinski definition) is 2. The number of rotatable bonds is 4. The molecule has 0 aliphatic heterocycles. The highest BCUT2D eigenvalue weighted by Crippen LogP contribution is 2.08. The van der Waals surface area contributed by atoms with Gasteiger partial charge in [0.05, 0.1) is 6.21 Å². The van der Waals surface area contributed by atoms with Crippen LogP contribution >= 0.6 is 0 Å². The highest BCUT2D eigenvalue weighted by atomic mass is 16.3. The second-order valence-corrected chi connectivity index (χ2v) is 3.48. The van der Waals surface area contributed by atoms with E-state index in [0.29, 0.717) is 5.56 Å². The molecule has 2 aromatic rings. The molecule has 1 aromatic carbocycles. The predicted molar refractivity (Wildman–Crippen MR) is 63.9 cm³/mol. The van der Waals surface area contributed by atoms with Crippen molar-refractivity contribution in [2.24, 2.45) is 5.10 Å². The maximum absolute atomic E-state index is 11.4. The Hall–Kier alpha value is -2.70. The summed E-state index contributed by atoms with van der Waals surface area (Å²) in [4.78, 5) is 15.1. The largest absolute Gasteiger partial charge is 0.508 e. The summed E-state index contributed by atoms with van der Waals surface area (Å²) in [5.41, 5.74) is 3.04. The zero-order chi connectivity index (χ0) is 12.8. The molecule has 7 heteroatoms. The number of carbonyl (C=O) groups excluding carboxylic acids is 1. The van der Waals surface area contributed by atoms with E-state index in [1.54, 1.807) is 18.2 Å². The van der Waals surface area contributed by atoms with Gasteiger partial charge in [0.15, 0.2) is 0 Å². The van der Waals surface area contributed by atoms with Crippen molar-refractivity contribution in [3.63, 3.8) is 0 Å². The van der Waals surface area contributed by atoms with Crippen molar-refractivity contribution < 1.29 is 9.90 Å². The fourth-order valence-corrected chi connectivity index (χ4v) is 1.28. The monoisotopic (exact) mass is 245 g/mol. The van der Waals surface area contributed by atoms with Crippen molar-refractivity contribution in [3.8, 4) is 5.75 Å². The number of aromatic nitrogens is 3. The van der Waals surface area contributed by atoms with Gasteiger partial charge in [0.25, 0.3) is 5.91 Å². The third kappa shape index (κ3) is 3.41. The van der Waals surface area contributed by atoms with E-state index < -0.39 is 0 Å². The molecule has 2 rings (SSSR count). The third-order valence-electron chi connectivity index (χ3n) is 2.05. The lowest BCUT2D eigenvalue weighted by Gasteiger charge is -1.99. The minimum absolute atomic E-state index is 0.0530. The number of nitrogens with one attached hydrogen (secondary N) is 1. The van der Waals surface area contributed by atoms with Gasteiger partial charge in [-0.25, -0.2) is 15.1 Å². The molecule has 0 saturated heterocycles. The number of carbonyl (C=O) groups is 1. The van der Waals surface area contributed by atoms with E-state index in [1.165, 1.54) is 29.6 Å². The average Bonchev–Trinajstić information content (AvgIpc) is 2.82. The van der Waals surface area contributed by atoms with E-state index in [-0.39, 0.29) is 18.2 Å². The van der Waals surface area contributed by atoms with E-state index in [0.717, 1.165) is 0 Å². The van der Waals surface area contributed by atoms with Crippen molar-refractivity contribution in [2.75, 3.05) is 0 Å². The third-order valence-corrected chi connectivity index (χ3v) is 2.05. The van der Waals surface area contributed by atoms with Crippen molar-refractivity contribution in [1.82, 2.24) is 20.2 Å². The van der Waals surface area contributed by atoms with Crippen LogP contribution in [0.5, 0.6) is 5.75 Å². The van der Waals surface area contributed by atoms with Gasteiger partial charge in [-0.15, -0.1) is 0 Å². The molecular formula is C11H11N5O2. The molecule has 0 bridgehead atoms. The van der Waals surface area contributed by atoms with Crippen molar-refractivity contribution in [1.29, 1.82) is 0 Å². The lowest BCUT2D eigenvalue weighted by molar-refractivity contribution is -0.121. The molecule has 0 fully saturated rings. The number of benzene rings is 1. The normalized spacial score (nSPS) is 10.7. The first-order valence-electron chi connectivity index (χ1n) is 5.17. The van der Waals surface area contributed by atoms with Gasteiger partial charge in [0.2, 0.25) is 0 Å². The Balaban J connectivity index is 1.86. The highest BCUT2D eigenvalue weighted by molar-refractivity contribution is 5.82. The van der Waals surface area contributed by atoms with Crippen LogP contribution in [0.15, 0.2) is 42.0 Å². The molecule has 1 aromatic heterocycles. The van der Waals surface area contributed by atoms with Gasteiger partial charge in [-0.2, -0.15) is 10.2 Å². The van der Waals surface area contributed by atoms with Gasteiger partial charge in [0, 0.05) is 0 Å². The minimum Gasteiger partial charge on any atom is -0.508 e. The van der Waals surface area contributed by atoms with Crippen LogP contribution in [0, 0.1) is 0 Å². The molecule has 0 saturated carbocycles. The standard InChI is InChI=1S/C11H11N5O2/c17-10-3-1-2-9(4-10)5-13-15-11(18)6-16-8-12-7-14-16/h1-5,7-8,17H,6H2,(H,15,18)/b13-5+. The summed E-state index contributed by atoms with van der Waals surface area (Å²) in [7, 11) is 0. The smallest absolute Gasteiger partial charge is 0.261 e. The lowest BCUT2D eigenvalue weighted by Crippen LogP contribution is -2.23. The van der Waals surface area contributed by atoms with Crippen LogP contribution in [0.4, 0.5) is 0 Å². The Morgan fingerprint density at radius 2 is 2.44 bits per heavy atom. The van der Waals surface area contributed by atoms with Crippen LogP contribution in [0.25, 0.3) is 0 Å². The summed E-state index contributed by atoms with van der Waals surface area (Å²) in [5, 5.41) is 16.8. The van der Waals surface area contributed by atoms with Crippen LogP contribution < -0.4 is 5.43 Å². The topological polar surface area (TPSA) is 92.4 Å². The number of hydrogen-bond acceptors (Lipinski definition) is 5. The molecule has 18 heavy (non-hydrogen) atoms. The maximum atomic E-state index is 11.4. The summed E-state index contributed by atoms with van der Waals surface area (Å²) in [6.07, 6.45) is 4.24. The first-order chi connectivity index (χ1) is 8.74. The van der Waals surface area contributed by atoms with Crippen LogP contribution in [0.2, 0.25) is 0 Å². The fourth-order valence-electron chi connectivity index (χ4n) is 1.28. The summed E-state index contributed by atoms with van der Waals surface area (Å²) in [6, 6.07) is 6.54. The Morgan fingerprint density at radius 3 is 3.17 bits per heavy atom. The van der Waals surface area contributed by atoms with E-state index in [4.69, 9.17) is 0 Å². The average molecular weight is 245 g/mol. The molecule has 0 spiro atoms. The number of hydrazone groups is 1. The second-order valence-electron chi connectivity index (χ2n) is 3.48. The zero-order valence-electron chi connectivity index (χ0n) is 9.39. The van der Waals surface area contributed by atoms with Gasteiger partial charge in [-0.3, -0.25) is 4.79 Å². The van der Waals surface area contributed by atoms with Crippen LogP contribution in [-0.4, -0.2) is 32.0 Å². The van der Waals surface area contributed by atoms with Gasteiger partial charge < -0.3 is 5.11 Å². The molecule has 0 aliphatic carbocycles. The molecule has 0 radical (unpaired) electrons. The van der Waals surface area contributed by atoms with Gasteiger partial charge in [0.1, 0.15) is 24.9 Å². The fraction of sp³-hybridized carbons (Fsp3) is 0.0909. The summed E-state index contributed by atoms with van der Waals surface area (Å²) in [5.74, 6) is -0.162. The SMILES string of the molecule is O=C(Cn1cncn1)N/N=C/c1cccc(O)c1. The molecule has 0 unspecified atom stereocenters. The summed E-state index contributed by atoms with van der Waals surface area (Å²) < 4.78 is 1.39. The first kappa shape index (κ1) is 11.8. The van der Waals surface area contributed by atoms with Crippen molar-refractivity contribution >= 4 is 12.1 Å². The summed E-state index contributed by atoms with van der Waals surface area (Å²) in [6.45, 7) is 0.0530. The second kappa shape index (κ2) is 5.58. The zero-order valence-corrected chi connectivity index (χ0v) is 9.39. The van der Waals surface area contributed by atoms with Gasteiger partial charge in [-0.05, 0) is 17.7 Å². The number of amides is 1. The van der Waals surface area contributed by atoms with E-state index >= 15 is 0 Å². The molecule has 1 heterocycles. The lowest BCUT2D eigenvalue weighted by atomic mass is 10.2. The molecule has 92 valence electrons. The van der Waals surface area contributed by atoms with Gasteiger partial charge in [-0.1, -0.05) is 12.1 Å². The predicted octanol–water partition coefficient (Wildman–Crippen LogP) is 0.134. The molecule has 1 amide bonds. The Morgan fingerprint density at radius 1 is 1.56 bits per heavy atom. The number of phenols is 1. The summed E-state index contributed by atoms with van der Waals surface area (Å²) >= 11 is 0. The van der Waals surface area contributed by atoms with Crippen LogP contribution in [0.3, 0.4) is 0 Å². The molecular weight excluding hydrogens is 234 g/mol. The van der Waals surface area contributed by atoms with Crippen molar-refractivity contribution in [3.05, 3.63) is 42.5 Å². The Bertz CT molecular complexity index is 550. The highest BCUT2D eigenvalue weighted by Gasteiger charge is 2.00. The quantitative estimate of drug-likeness (QED) is 0.591. The van der Waals surface area contributed by atoms with Crippen LogP contribution in [-0.2, 0) is 11.3 Å². The number of phenolic OH excluding ortho intramolecular Hbond substituents is 1. The molecule has 0 atom stereocenters. The minimum atomic E-state index is -0.308. The number of nitrogens with zero attached hydrogens (tertiary/aromatic N) is 4. The molecule has 2 N–H and O–H groups in total. The van der Waals surface area contributed by atoms with E-state index in [2.05, 4.69) is 20.6 Å². The first-order valence-corrected chi connectivity index (χ1v) is 5.17. The molecule has 0 aliphatic rings. The van der Waals surface area contributed by atoms with Crippen LogP contribution in [0.1, 0.15) is 5.56 Å². The van der Waals surface area contributed by atoms with E-state index in [1.807, 2.05) is 0 Å². The van der Waals surface area contributed by atoms with Crippen molar-refractivity contribution in [2.45, 2.75) is 6.54 Å². The maximum Gasteiger partial charge on any atom is 0.261 e. The Labute approximate surface area is 103 Å². The number of aromatic hydroxyl groups is 1.